The maximum atomic E-state index is 6.31. The highest BCUT2D eigenvalue weighted by Gasteiger charge is 2.51. The van der Waals surface area contributed by atoms with Gasteiger partial charge in [0.05, 0.1) is 5.60 Å². The molecule has 0 saturated heterocycles. The predicted molar refractivity (Wildman–Crippen MR) is 68.0 cm³/mol. The van der Waals surface area contributed by atoms with Crippen molar-refractivity contribution in [1.82, 2.24) is 0 Å². The normalized spacial score (nSPS) is 43.2. The highest BCUT2D eigenvalue weighted by molar-refractivity contribution is 5.03. The molecule has 0 spiro atoms. The Labute approximate surface area is 105 Å². The topological polar surface area (TPSA) is 18.5 Å². The van der Waals surface area contributed by atoms with Gasteiger partial charge in [-0.05, 0) is 69.6 Å². The Balaban J connectivity index is 1.49. The molecular weight excluding hydrogens is 212 g/mol. The molecule has 0 radical (unpaired) electrons. The molecule has 17 heavy (non-hydrogen) atoms. The molecule has 0 aromatic rings. The number of rotatable bonds is 6. The lowest BCUT2D eigenvalue weighted by atomic mass is 9.54. The van der Waals surface area contributed by atoms with Crippen LogP contribution in [-0.2, 0) is 9.47 Å². The van der Waals surface area contributed by atoms with Crippen LogP contribution >= 0.6 is 0 Å². The van der Waals surface area contributed by atoms with Crippen molar-refractivity contribution in [2.45, 2.75) is 57.5 Å². The fourth-order valence-electron chi connectivity index (χ4n) is 4.80. The maximum Gasteiger partial charge on any atom is 0.0690 e. The minimum Gasteiger partial charge on any atom is -0.382 e. The molecule has 4 rings (SSSR count). The van der Waals surface area contributed by atoms with Crippen LogP contribution in [0.5, 0.6) is 0 Å². The summed E-state index contributed by atoms with van der Waals surface area (Å²) in [5.41, 5.74) is 0.293. The zero-order valence-electron chi connectivity index (χ0n) is 11.1. The maximum absolute atomic E-state index is 6.31. The molecule has 0 amide bonds. The first-order chi connectivity index (χ1) is 8.30. The summed E-state index contributed by atoms with van der Waals surface area (Å²) < 4.78 is 11.7. The molecule has 4 aliphatic carbocycles. The Hall–Kier alpha value is -0.0800. The van der Waals surface area contributed by atoms with Crippen molar-refractivity contribution in [2.24, 2.45) is 17.8 Å². The zero-order chi connectivity index (χ0) is 11.7. The second kappa shape index (κ2) is 4.89. The molecule has 2 heteroatoms. The van der Waals surface area contributed by atoms with Gasteiger partial charge in [0.1, 0.15) is 0 Å². The first-order valence-corrected chi connectivity index (χ1v) is 7.51. The third-order valence-electron chi connectivity index (χ3n) is 5.03. The minimum absolute atomic E-state index is 0.293. The van der Waals surface area contributed by atoms with Gasteiger partial charge in [-0.2, -0.15) is 0 Å². The van der Waals surface area contributed by atoms with E-state index in [0.717, 1.165) is 44.0 Å². The summed E-state index contributed by atoms with van der Waals surface area (Å²) in [6.07, 6.45) is 9.63. The van der Waals surface area contributed by atoms with E-state index in [1.54, 1.807) is 0 Å². The van der Waals surface area contributed by atoms with Crippen molar-refractivity contribution in [3.63, 3.8) is 0 Å². The predicted octanol–water partition coefficient (Wildman–Crippen LogP) is 3.40. The summed E-state index contributed by atoms with van der Waals surface area (Å²) in [6.45, 7) is 4.66. The Morgan fingerprint density at radius 3 is 2.06 bits per heavy atom. The molecule has 0 aromatic heterocycles. The van der Waals surface area contributed by atoms with E-state index in [4.69, 9.17) is 9.47 Å². The summed E-state index contributed by atoms with van der Waals surface area (Å²) in [5, 5.41) is 0. The average Bonchev–Trinajstić information content (AvgIpc) is 2.26. The molecule has 0 heterocycles. The lowest BCUT2D eigenvalue weighted by molar-refractivity contribution is -0.164. The highest BCUT2D eigenvalue weighted by atomic mass is 16.5. The molecule has 4 bridgehead atoms. The molecule has 0 N–H and O–H groups in total. The van der Waals surface area contributed by atoms with Crippen molar-refractivity contribution >= 4 is 0 Å². The highest BCUT2D eigenvalue weighted by Crippen LogP contribution is 2.57. The van der Waals surface area contributed by atoms with E-state index in [-0.39, 0.29) is 0 Å². The Bertz CT molecular complexity index is 226. The molecule has 0 atom stereocenters. The molecule has 4 saturated carbocycles. The standard InChI is InChI=1S/C15H26O2/c1-2-16-4-3-5-17-15-9-12-6-13(10-15)8-14(7-12)11-15/h12-14H,2-11H2,1H3. The molecule has 4 fully saturated rings. The molecule has 0 aromatic carbocycles. The van der Waals surface area contributed by atoms with Crippen molar-refractivity contribution in [1.29, 1.82) is 0 Å². The summed E-state index contributed by atoms with van der Waals surface area (Å²) >= 11 is 0. The summed E-state index contributed by atoms with van der Waals surface area (Å²) in [5.74, 6) is 2.98. The van der Waals surface area contributed by atoms with Crippen molar-refractivity contribution < 1.29 is 9.47 Å². The van der Waals surface area contributed by atoms with Gasteiger partial charge in [0.2, 0.25) is 0 Å². The van der Waals surface area contributed by atoms with Crippen LogP contribution in [0.15, 0.2) is 0 Å². The fraction of sp³-hybridized carbons (Fsp3) is 1.00. The monoisotopic (exact) mass is 238 g/mol. The van der Waals surface area contributed by atoms with Gasteiger partial charge in [-0.15, -0.1) is 0 Å². The Morgan fingerprint density at radius 2 is 1.53 bits per heavy atom. The molecule has 0 unspecified atom stereocenters. The van der Waals surface area contributed by atoms with Crippen LogP contribution in [0, 0.1) is 17.8 Å². The molecule has 4 aliphatic rings. The lowest BCUT2D eigenvalue weighted by Gasteiger charge is -2.56. The van der Waals surface area contributed by atoms with Crippen LogP contribution in [0.4, 0.5) is 0 Å². The first-order valence-electron chi connectivity index (χ1n) is 7.51. The van der Waals surface area contributed by atoms with E-state index < -0.39 is 0 Å². The first kappa shape index (κ1) is 12.0. The number of ether oxygens (including phenoxy) is 2. The molecule has 0 aliphatic heterocycles. The van der Waals surface area contributed by atoms with Gasteiger partial charge in [-0.3, -0.25) is 0 Å². The minimum atomic E-state index is 0.293. The zero-order valence-corrected chi connectivity index (χ0v) is 11.1. The van der Waals surface area contributed by atoms with Crippen LogP contribution in [0.25, 0.3) is 0 Å². The third kappa shape index (κ3) is 2.53. The quantitative estimate of drug-likeness (QED) is 0.660. The van der Waals surface area contributed by atoms with Gasteiger partial charge in [0, 0.05) is 19.8 Å². The fourth-order valence-corrected chi connectivity index (χ4v) is 4.80. The van der Waals surface area contributed by atoms with Gasteiger partial charge < -0.3 is 9.47 Å². The van der Waals surface area contributed by atoms with Crippen LogP contribution in [-0.4, -0.2) is 25.4 Å². The summed E-state index contributed by atoms with van der Waals surface area (Å²) in [7, 11) is 0. The van der Waals surface area contributed by atoms with Gasteiger partial charge in [-0.1, -0.05) is 0 Å². The van der Waals surface area contributed by atoms with E-state index in [1.165, 1.54) is 38.5 Å². The van der Waals surface area contributed by atoms with Gasteiger partial charge in [0.25, 0.3) is 0 Å². The van der Waals surface area contributed by atoms with Crippen LogP contribution in [0.1, 0.15) is 51.9 Å². The lowest BCUT2D eigenvalue weighted by Crippen LogP contribution is -2.52. The van der Waals surface area contributed by atoms with E-state index in [2.05, 4.69) is 6.92 Å². The smallest absolute Gasteiger partial charge is 0.0690 e. The van der Waals surface area contributed by atoms with E-state index in [1.807, 2.05) is 0 Å². The average molecular weight is 238 g/mol. The van der Waals surface area contributed by atoms with Crippen molar-refractivity contribution in [2.75, 3.05) is 19.8 Å². The van der Waals surface area contributed by atoms with Gasteiger partial charge >= 0.3 is 0 Å². The largest absolute Gasteiger partial charge is 0.382 e. The molecule has 98 valence electrons. The molecular formula is C15H26O2. The van der Waals surface area contributed by atoms with Crippen molar-refractivity contribution in [3.05, 3.63) is 0 Å². The van der Waals surface area contributed by atoms with Gasteiger partial charge in [0.15, 0.2) is 0 Å². The Morgan fingerprint density at radius 1 is 0.941 bits per heavy atom. The van der Waals surface area contributed by atoms with Crippen molar-refractivity contribution in [3.8, 4) is 0 Å². The molecule has 2 nitrogen and oxygen atoms in total. The second-order valence-corrected chi connectivity index (χ2v) is 6.50. The number of hydrogen-bond acceptors (Lipinski definition) is 2. The van der Waals surface area contributed by atoms with E-state index in [0.29, 0.717) is 5.60 Å². The Kier molecular flexibility index (Phi) is 3.45. The van der Waals surface area contributed by atoms with E-state index >= 15 is 0 Å². The van der Waals surface area contributed by atoms with Crippen LogP contribution in [0.3, 0.4) is 0 Å². The number of hydrogen-bond donors (Lipinski definition) is 0. The summed E-state index contributed by atoms with van der Waals surface area (Å²) in [6, 6.07) is 0. The SMILES string of the molecule is CCOCCCOC12CC3CC(CC(C3)C1)C2. The third-order valence-corrected chi connectivity index (χ3v) is 5.03. The van der Waals surface area contributed by atoms with Gasteiger partial charge in [-0.25, -0.2) is 0 Å². The summed E-state index contributed by atoms with van der Waals surface area (Å²) in [4.78, 5) is 0. The van der Waals surface area contributed by atoms with E-state index in [9.17, 15) is 0 Å². The second-order valence-electron chi connectivity index (χ2n) is 6.50. The van der Waals surface area contributed by atoms with Crippen LogP contribution in [0.2, 0.25) is 0 Å². The van der Waals surface area contributed by atoms with Crippen LogP contribution < -0.4 is 0 Å².